The van der Waals surface area contributed by atoms with Gasteiger partial charge < -0.3 is 10.6 Å². The molecule has 0 bridgehead atoms. The van der Waals surface area contributed by atoms with Crippen molar-refractivity contribution in [3.63, 3.8) is 0 Å². The SMILES string of the molecule is Cc1ccc(Cl)c(NC(=O)CC2C(=O)Nc3cc(Cl)ccc3N2S(=O)(=O)c2cc(Cl)c(Cl)cc2Cl)c1. The molecule has 0 aliphatic carbocycles. The van der Waals surface area contributed by atoms with Gasteiger partial charge in [0, 0.05) is 5.02 Å². The summed E-state index contributed by atoms with van der Waals surface area (Å²) in [7, 11) is -4.53. The van der Waals surface area contributed by atoms with Gasteiger partial charge >= 0.3 is 0 Å². The number of hydrogen-bond donors (Lipinski definition) is 2. The van der Waals surface area contributed by atoms with E-state index in [9.17, 15) is 18.0 Å². The molecule has 2 amide bonds. The molecule has 1 unspecified atom stereocenters. The monoisotopic (exact) mass is 605 g/mol. The van der Waals surface area contributed by atoms with Crippen LogP contribution in [0.4, 0.5) is 17.1 Å². The molecule has 1 atom stereocenters. The number of benzene rings is 3. The van der Waals surface area contributed by atoms with Crippen molar-refractivity contribution in [2.24, 2.45) is 0 Å². The van der Waals surface area contributed by atoms with Gasteiger partial charge in [0.15, 0.2) is 0 Å². The average molecular weight is 608 g/mol. The van der Waals surface area contributed by atoms with Crippen molar-refractivity contribution in [1.29, 1.82) is 0 Å². The molecule has 3 aromatic rings. The largest absolute Gasteiger partial charge is 0.325 e. The number of fused-ring (bicyclic) bond motifs is 1. The molecule has 2 N–H and O–H groups in total. The van der Waals surface area contributed by atoms with Crippen molar-refractivity contribution in [2.75, 3.05) is 14.9 Å². The first-order chi connectivity index (χ1) is 16.9. The lowest BCUT2D eigenvalue weighted by atomic mass is 10.1. The average Bonchev–Trinajstić information content (AvgIpc) is 2.79. The molecule has 188 valence electrons. The molecule has 1 heterocycles. The van der Waals surface area contributed by atoms with Gasteiger partial charge in [-0.1, -0.05) is 64.1 Å². The molecule has 13 heteroatoms. The summed E-state index contributed by atoms with van der Waals surface area (Å²) >= 11 is 30.5. The summed E-state index contributed by atoms with van der Waals surface area (Å²) in [5, 5.41) is 5.59. The van der Waals surface area contributed by atoms with Crippen molar-refractivity contribution >= 4 is 96.9 Å². The van der Waals surface area contributed by atoms with Crippen LogP contribution in [0, 0.1) is 6.92 Å². The van der Waals surface area contributed by atoms with Crippen molar-refractivity contribution < 1.29 is 18.0 Å². The Morgan fingerprint density at radius 3 is 2.36 bits per heavy atom. The van der Waals surface area contributed by atoms with Crippen molar-refractivity contribution in [3.8, 4) is 0 Å². The molecule has 3 aromatic carbocycles. The lowest BCUT2D eigenvalue weighted by Crippen LogP contribution is -2.52. The van der Waals surface area contributed by atoms with Crippen molar-refractivity contribution in [1.82, 2.24) is 0 Å². The van der Waals surface area contributed by atoms with Crippen LogP contribution in [-0.2, 0) is 19.6 Å². The van der Waals surface area contributed by atoms with Crippen LogP contribution in [0.25, 0.3) is 0 Å². The number of carbonyl (C=O) groups excluding carboxylic acids is 2. The summed E-state index contributed by atoms with van der Waals surface area (Å²) < 4.78 is 28.6. The third-order valence-corrected chi connectivity index (χ3v) is 8.90. The minimum absolute atomic E-state index is 0.0511. The highest BCUT2D eigenvalue weighted by Gasteiger charge is 2.43. The molecule has 4 rings (SSSR count). The second-order valence-electron chi connectivity index (χ2n) is 7.90. The molecule has 0 aromatic heterocycles. The predicted octanol–water partition coefficient (Wildman–Crippen LogP) is 6.81. The van der Waals surface area contributed by atoms with Crippen LogP contribution in [0.5, 0.6) is 0 Å². The molecular weight excluding hydrogens is 592 g/mol. The van der Waals surface area contributed by atoms with E-state index in [4.69, 9.17) is 58.0 Å². The number of amides is 2. The van der Waals surface area contributed by atoms with E-state index < -0.39 is 34.3 Å². The van der Waals surface area contributed by atoms with Crippen LogP contribution in [0.15, 0.2) is 53.4 Å². The Balaban J connectivity index is 1.79. The first-order valence-corrected chi connectivity index (χ1v) is 13.6. The zero-order valence-electron chi connectivity index (χ0n) is 18.3. The first-order valence-electron chi connectivity index (χ1n) is 10.2. The molecule has 1 aliphatic heterocycles. The minimum atomic E-state index is -4.53. The number of carbonyl (C=O) groups is 2. The zero-order valence-corrected chi connectivity index (χ0v) is 22.9. The normalized spacial score (nSPS) is 15.3. The second kappa shape index (κ2) is 10.3. The number of aryl methyl sites for hydroxylation is 1. The number of hydrogen-bond acceptors (Lipinski definition) is 4. The Bertz CT molecular complexity index is 1510. The highest BCUT2D eigenvalue weighted by molar-refractivity contribution is 7.93. The molecule has 0 radical (unpaired) electrons. The lowest BCUT2D eigenvalue weighted by molar-refractivity contribution is -0.122. The Labute approximate surface area is 232 Å². The smallest absolute Gasteiger partial charge is 0.266 e. The number of halogens is 5. The van der Waals surface area contributed by atoms with Crippen molar-refractivity contribution in [3.05, 3.63) is 79.2 Å². The molecule has 1 aliphatic rings. The highest BCUT2D eigenvalue weighted by atomic mass is 35.5. The fourth-order valence-corrected chi connectivity index (χ4v) is 6.63. The molecule has 0 saturated heterocycles. The first kappa shape index (κ1) is 26.9. The van der Waals surface area contributed by atoms with E-state index in [1.165, 1.54) is 24.3 Å². The quantitative estimate of drug-likeness (QED) is 0.312. The highest BCUT2D eigenvalue weighted by Crippen LogP contribution is 2.41. The standard InChI is InChI=1S/C23H16Cl5N3O4S/c1-11-2-4-13(25)17(6-11)29-22(32)10-20-23(33)30-18-7-12(24)3-5-19(18)31(20)36(34,35)21-9-15(27)14(26)8-16(21)28/h2-9,20H,10H2,1H3,(H,29,32)(H,30,33). The summed E-state index contributed by atoms with van der Waals surface area (Å²) in [5.74, 6) is -1.38. The summed E-state index contributed by atoms with van der Waals surface area (Å²) in [5.41, 5.74) is 1.40. The van der Waals surface area contributed by atoms with Gasteiger partial charge in [-0.05, 0) is 55.0 Å². The fourth-order valence-electron chi connectivity index (χ4n) is 3.68. The van der Waals surface area contributed by atoms with Gasteiger partial charge in [0.05, 0.1) is 43.6 Å². The van der Waals surface area contributed by atoms with E-state index in [1.807, 2.05) is 6.92 Å². The summed E-state index contributed by atoms with van der Waals surface area (Å²) in [4.78, 5) is 25.7. The van der Waals surface area contributed by atoms with Crippen LogP contribution in [0.1, 0.15) is 12.0 Å². The second-order valence-corrected chi connectivity index (χ2v) is 11.7. The van der Waals surface area contributed by atoms with E-state index in [2.05, 4.69) is 10.6 Å². The van der Waals surface area contributed by atoms with Gasteiger partial charge in [-0.2, -0.15) is 0 Å². The third kappa shape index (κ3) is 5.25. The van der Waals surface area contributed by atoms with E-state index in [1.54, 1.807) is 18.2 Å². The number of rotatable bonds is 5. The molecule has 0 saturated carbocycles. The maximum atomic E-state index is 13.9. The lowest BCUT2D eigenvalue weighted by Gasteiger charge is -2.37. The Morgan fingerprint density at radius 2 is 1.64 bits per heavy atom. The molecule has 7 nitrogen and oxygen atoms in total. The maximum absolute atomic E-state index is 13.9. The Hall–Kier alpha value is -2.20. The van der Waals surface area contributed by atoms with Gasteiger partial charge in [-0.3, -0.25) is 13.9 Å². The van der Waals surface area contributed by atoms with Crippen molar-refractivity contribution in [2.45, 2.75) is 24.3 Å². The van der Waals surface area contributed by atoms with Crippen LogP contribution in [0.2, 0.25) is 25.1 Å². The number of nitrogens with one attached hydrogen (secondary N) is 2. The summed E-state index contributed by atoms with van der Waals surface area (Å²) in [6.07, 6.45) is -0.531. The molecule has 0 spiro atoms. The number of sulfonamides is 1. The van der Waals surface area contributed by atoms with E-state index >= 15 is 0 Å². The molecule has 0 fully saturated rings. The minimum Gasteiger partial charge on any atom is -0.325 e. The van der Waals surface area contributed by atoms with Gasteiger partial charge in [0.1, 0.15) is 10.9 Å². The predicted molar refractivity (Wildman–Crippen MR) is 144 cm³/mol. The van der Waals surface area contributed by atoms with E-state index in [0.29, 0.717) is 5.69 Å². The maximum Gasteiger partial charge on any atom is 0.266 e. The summed E-state index contributed by atoms with van der Waals surface area (Å²) in [6, 6.07) is 10.1. The van der Waals surface area contributed by atoms with Crippen LogP contribution < -0.4 is 14.9 Å². The fraction of sp³-hybridized carbons (Fsp3) is 0.130. The Morgan fingerprint density at radius 1 is 0.944 bits per heavy atom. The van der Waals surface area contributed by atoms with Crippen LogP contribution in [-0.4, -0.2) is 26.3 Å². The summed E-state index contributed by atoms with van der Waals surface area (Å²) in [6.45, 7) is 1.82. The molecular formula is C23H16Cl5N3O4S. The Kier molecular flexibility index (Phi) is 7.67. The molecule has 36 heavy (non-hydrogen) atoms. The topological polar surface area (TPSA) is 95.6 Å². The van der Waals surface area contributed by atoms with Gasteiger partial charge in [0.25, 0.3) is 10.0 Å². The van der Waals surface area contributed by atoms with Gasteiger partial charge in [-0.25, -0.2) is 8.42 Å². The van der Waals surface area contributed by atoms with Crippen LogP contribution >= 0.6 is 58.0 Å². The van der Waals surface area contributed by atoms with E-state index in [-0.39, 0.29) is 41.4 Å². The van der Waals surface area contributed by atoms with Gasteiger partial charge in [-0.15, -0.1) is 0 Å². The van der Waals surface area contributed by atoms with E-state index in [0.717, 1.165) is 15.9 Å². The van der Waals surface area contributed by atoms with Gasteiger partial charge in [0.2, 0.25) is 11.8 Å². The van der Waals surface area contributed by atoms with Crippen LogP contribution in [0.3, 0.4) is 0 Å². The number of anilines is 3. The number of nitrogens with zero attached hydrogens (tertiary/aromatic N) is 1. The third-order valence-electron chi connectivity index (χ3n) is 5.33. The zero-order chi connectivity index (χ0) is 26.4.